The van der Waals surface area contributed by atoms with Crippen LogP contribution in [0.15, 0.2) is 24.3 Å². The van der Waals surface area contributed by atoms with E-state index < -0.39 is 0 Å². The first kappa shape index (κ1) is 14.4. The molecule has 1 aliphatic heterocycles. The Hall–Kier alpha value is -1.55. The van der Waals surface area contributed by atoms with Gasteiger partial charge in [0.05, 0.1) is 0 Å². The number of carbonyl (C=O) groups is 1. The summed E-state index contributed by atoms with van der Waals surface area (Å²) < 4.78 is 0. The Bertz CT molecular complexity index is 513. The third kappa shape index (κ3) is 3.38. The fraction of sp³-hybridized carbons (Fsp3) is 0.588. The van der Waals surface area contributed by atoms with Crippen molar-refractivity contribution < 1.29 is 4.79 Å². The van der Waals surface area contributed by atoms with Crippen LogP contribution >= 0.6 is 0 Å². The van der Waals surface area contributed by atoms with Gasteiger partial charge >= 0.3 is 0 Å². The maximum Gasteiger partial charge on any atom is 0.222 e. The Balaban J connectivity index is 1.74. The lowest BCUT2D eigenvalue weighted by molar-refractivity contribution is -0.121. The number of hydrogen-bond acceptors (Lipinski definition) is 3. The van der Waals surface area contributed by atoms with Gasteiger partial charge in [-0.05, 0) is 36.8 Å². The molecule has 114 valence electrons. The molecule has 4 heteroatoms. The van der Waals surface area contributed by atoms with Gasteiger partial charge in [-0.15, -0.1) is 0 Å². The van der Waals surface area contributed by atoms with E-state index >= 15 is 0 Å². The van der Waals surface area contributed by atoms with E-state index in [1.54, 1.807) is 0 Å². The molecule has 3 N–H and O–H groups in total. The van der Waals surface area contributed by atoms with Gasteiger partial charge in [-0.1, -0.05) is 25.1 Å². The largest absolute Gasteiger partial charge is 0.366 e. The summed E-state index contributed by atoms with van der Waals surface area (Å²) in [6.07, 6.45) is 3.86. The second-order valence-corrected chi connectivity index (χ2v) is 6.53. The number of para-hydroxylation sites is 1. The number of fused-ring (bicyclic) bond motifs is 1. The Kier molecular flexibility index (Phi) is 4.15. The average molecular weight is 287 g/mol. The van der Waals surface area contributed by atoms with Crippen molar-refractivity contribution in [2.75, 3.05) is 18.0 Å². The molecule has 21 heavy (non-hydrogen) atoms. The molecule has 2 unspecified atom stereocenters. The van der Waals surface area contributed by atoms with Crippen molar-refractivity contribution in [2.45, 2.75) is 44.7 Å². The fourth-order valence-corrected chi connectivity index (χ4v) is 3.23. The van der Waals surface area contributed by atoms with Crippen LogP contribution in [0.2, 0.25) is 0 Å². The number of nitrogens with zero attached hydrogens (tertiary/aromatic N) is 1. The maximum atomic E-state index is 12.1. The monoisotopic (exact) mass is 287 g/mol. The second-order valence-electron chi connectivity index (χ2n) is 6.53. The Labute approximate surface area is 126 Å². The van der Waals surface area contributed by atoms with Crippen LogP contribution in [0.25, 0.3) is 0 Å². The SMILES string of the molecule is CC1Cc2ccccc2N(C(CN)CC(=O)NC2CC2)C1. The first-order chi connectivity index (χ1) is 10.2. The van der Waals surface area contributed by atoms with Crippen molar-refractivity contribution in [1.29, 1.82) is 0 Å². The summed E-state index contributed by atoms with van der Waals surface area (Å²) in [5.74, 6) is 0.740. The molecule has 3 rings (SSSR count). The molecule has 2 atom stereocenters. The summed E-state index contributed by atoms with van der Waals surface area (Å²) >= 11 is 0. The fourth-order valence-electron chi connectivity index (χ4n) is 3.23. The quantitative estimate of drug-likeness (QED) is 0.866. The first-order valence-corrected chi connectivity index (χ1v) is 8.01. The Morgan fingerprint density at radius 2 is 2.19 bits per heavy atom. The molecular weight excluding hydrogens is 262 g/mol. The number of nitrogens with one attached hydrogen (secondary N) is 1. The average Bonchev–Trinajstić information content (AvgIpc) is 3.27. The van der Waals surface area contributed by atoms with E-state index in [2.05, 4.69) is 41.4 Å². The zero-order chi connectivity index (χ0) is 14.8. The second kappa shape index (κ2) is 6.06. The molecule has 1 amide bonds. The normalized spacial score (nSPS) is 22.6. The van der Waals surface area contributed by atoms with Gasteiger partial charge in [-0.3, -0.25) is 4.79 Å². The molecule has 1 fully saturated rings. The van der Waals surface area contributed by atoms with Crippen LogP contribution in [0.4, 0.5) is 5.69 Å². The number of benzene rings is 1. The number of hydrogen-bond donors (Lipinski definition) is 2. The van der Waals surface area contributed by atoms with Gasteiger partial charge in [0.2, 0.25) is 5.91 Å². The molecule has 1 saturated carbocycles. The minimum absolute atomic E-state index is 0.0904. The van der Waals surface area contributed by atoms with E-state index in [0.29, 0.717) is 24.9 Å². The lowest BCUT2D eigenvalue weighted by Crippen LogP contribution is -2.48. The van der Waals surface area contributed by atoms with E-state index in [4.69, 9.17) is 5.73 Å². The molecular formula is C17H25N3O. The van der Waals surface area contributed by atoms with Crippen LogP contribution < -0.4 is 16.0 Å². The first-order valence-electron chi connectivity index (χ1n) is 8.01. The predicted octanol–water partition coefficient (Wildman–Crippen LogP) is 1.68. The molecule has 1 heterocycles. The highest BCUT2D eigenvalue weighted by atomic mass is 16.1. The van der Waals surface area contributed by atoms with Crippen LogP contribution in [-0.4, -0.2) is 31.1 Å². The minimum Gasteiger partial charge on any atom is -0.366 e. The zero-order valence-electron chi connectivity index (χ0n) is 12.7. The smallest absolute Gasteiger partial charge is 0.222 e. The summed E-state index contributed by atoms with van der Waals surface area (Å²) in [5.41, 5.74) is 8.61. The van der Waals surface area contributed by atoms with E-state index in [-0.39, 0.29) is 11.9 Å². The van der Waals surface area contributed by atoms with Crippen LogP contribution in [0.1, 0.15) is 31.7 Å². The summed E-state index contributed by atoms with van der Waals surface area (Å²) in [5, 5.41) is 3.07. The van der Waals surface area contributed by atoms with Gasteiger partial charge in [0.1, 0.15) is 0 Å². The molecule has 0 aromatic heterocycles. The number of carbonyl (C=O) groups excluding carboxylic acids is 1. The van der Waals surface area contributed by atoms with Crippen LogP contribution in [0, 0.1) is 5.92 Å². The highest BCUT2D eigenvalue weighted by Crippen LogP contribution is 2.31. The molecule has 2 aliphatic rings. The van der Waals surface area contributed by atoms with Gasteiger partial charge in [0.25, 0.3) is 0 Å². The summed E-state index contributed by atoms with van der Waals surface area (Å²) in [4.78, 5) is 14.4. The topological polar surface area (TPSA) is 58.4 Å². The zero-order valence-corrected chi connectivity index (χ0v) is 12.7. The minimum atomic E-state index is 0.0904. The number of rotatable bonds is 5. The van der Waals surface area contributed by atoms with Crippen molar-refractivity contribution in [3.05, 3.63) is 29.8 Å². The van der Waals surface area contributed by atoms with E-state index in [1.807, 2.05) is 0 Å². The summed E-state index contributed by atoms with van der Waals surface area (Å²) in [7, 11) is 0. The van der Waals surface area contributed by atoms with Gasteiger partial charge < -0.3 is 16.0 Å². The van der Waals surface area contributed by atoms with Crippen molar-refractivity contribution in [3.63, 3.8) is 0 Å². The Morgan fingerprint density at radius 3 is 2.90 bits per heavy atom. The van der Waals surface area contributed by atoms with Crippen molar-refractivity contribution >= 4 is 11.6 Å². The lowest BCUT2D eigenvalue weighted by atomic mass is 9.92. The lowest BCUT2D eigenvalue weighted by Gasteiger charge is -2.40. The predicted molar refractivity (Wildman–Crippen MR) is 85.3 cm³/mol. The van der Waals surface area contributed by atoms with E-state index in [1.165, 1.54) is 11.3 Å². The van der Waals surface area contributed by atoms with Crippen LogP contribution in [-0.2, 0) is 11.2 Å². The maximum absolute atomic E-state index is 12.1. The third-order valence-corrected chi connectivity index (χ3v) is 4.45. The van der Waals surface area contributed by atoms with Gasteiger partial charge in [0.15, 0.2) is 0 Å². The van der Waals surface area contributed by atoms with Crippen molar-refractivity contribution in [2.24, 2.45) is 11.7 Å². The van der Waals surface area contributed by atoms with Gasteiger partial charge in [-0.25, -0.2) is 0 Å². The van der Waals surface area contributed by atoms with E-state index in [9.17, 15) is 4.79 Å². The van der Waals surface area contributed by atoms with Gasteiger partial charge in [-0.2, -0.15) is 0 Å². The van der Waals surface area contributed by atoms with Crippen LogP contribution in [0.3, 0.4) is 0 Å². The molecule has 0 radical (unpaired) electrons. The number of amides is 1. The molecule has 0 bridgehead atoms. The molecule has 1 aliphatic carbocycles. The third-order valence-electron chi connectivity index (χ3n) is 4.45. The number of anilines is 1. The molecule has 1 aromatic carbocycles. The molecule has 0 saturated heterocycles. The van der Waals surface area contributed by atoms with Gasteiger partial charge in [0, 0.05) is 37.3 Å². The van der Waals surface area contributed by atoms with Crippen molar-refractivity contribution in [1.82, 2.24) is 5.32 Å². The van der Waals surface area contributed by atoms with Crippen LogP contribution in [0.5, 0.6) is 0 Å². The summed E-state index contributed by atoms with van der Waals surface area (Å²) in [6.45, 7) is 3.76. The molecule has 4 nitrogen and oxygen atoms in total. The number of nitrogens with two attached hydrogens (primary N) is 1. The molecule has 0 spiro atoms. The standard InChI is InChI=1S/C17H25N3O/c1-12-8-13-4-2-3-5-16(13)20(11-12)15(10-18)9-17(21)19-14-6-7-14/h2-5,12,14-15H,6-11,18H2,1H3,(H,19,21). The summed E-state index contributed by atoms with van der Waals surface area (Å²) in [6, 6.07) is 9.01. The van der Waals surface area contributed by atoms with Crippen molar-refractivity contribution in [3.8, 4) is 0 Å². The Morgan fingerprint density at radius 1 is 1.43 bits per heavy atom. The molecule has 1 aromatic rings. The highest BCUT2D eigenvalue weighted by Gasteiger charge is 2.29. The van der Waals surface area contributed by atoms with E-state index in [0.717, 1.165) is 25.8 Å². The highest BCUT2D eigenvalue weighted by molar-refractivity contribution is 5.78.